The summed E-state index contributed by atoms with van der Waals surface area (Å²) in [6.07, 6.45) is 4.57. The molecule has 2 aliphatic rings. The quantitative estimate of drug-likeness (QED) is 0.915. The van der Waals surface area contributed by atoms with Crippen LogP contribution in [-0.2, 0) is 0 Å². The topological polar surface area (TPSA) is 61.9 Å². The first-order valence-electron chi connectivity index (χ1n) is 8.91. The van der Waals surface area contributed by atoms with E-state index in [4.69, 9.17) is 4.98 Å². The minimum atomic E-state index is 0.0588. The van der Waals surface area contributed by atoms with Gasteiger partial charge in [-0.05, 0) is 37.7 Å². The molecule has 1 saturated carbocycles. The number of likely N-dealkylation sites (tertiary alicyclic amines) is 1. The third-order valence-corrected chi connectivity index (χ3v) is 6.05. The fourth-order valence-corrected chi connectivity index (χ4v) is 4.44. The highest BCUT2D eigenvalue weighted by Crippen LogP contribution is 2.39. The van der Waals surface area contributed by atoms with Crippen molar-refractivity contribution < 1.29 is 4.79 Å². The molecule has 1 N–H and O–H groups in total. The van der Waals surface area contributed by atoms with Gasteiger partial charge in [-0.15, -0.1) is 11.3 Å². The zero-order valence-electron chi connectivity index (χ0n) is 14.3. The number of carbonyl (C=O) groups is 1. The van der Waals surface area contributed by atoms with Crippen molar-refractivity contribution in [2.45, 2.75) is 57.3 Å². The molecule has 0 spiro atoms. The number of carbonyl (C=O) groups excluding carboxylic acids is 1. The van der Waals surface area contributed by atoms with Gasteiger partial charge in [0.25, 0.3) is 5.91 Å². The number of piperidine rings is 1. The summed E-state index contributed by atoms with van der Waals surface area (Å²) < 4.78 is 0. The third kappa shape index (κ3) is 3.11. The monoisotopic (exact) mass is 344 g/mol. The van der Waals surface area contributed by atoms with Gasteiger partial charge in [0.1, 0.15) is 5.69 Å². The van der Waals surface area contributed by atoms with E-state index in [1.165, 1.54) is 23.5 Å². The lowest BCUT2D eigenvalue weighted by atomic mass is 9.98. The van der Waals surface area contributed by atoms with Crippen LogP contribution in [0, 0.1) is 0 Å². The maximum atomic E-state index is 12.8. The van der Waals surface area contributed by atoms with Gasteiger partial charge >= 0.3 is 0 Å². The zero-order valence-corrected chi connectivity index (χ0v) is 15.1. The van der Waals surface area contributed by atoms with Crippen LogP contribution in [0.15, 0.2) is 11.4 Å². The predicted molar refractivity (Wildman–Crippen MR) is 94.6 cm³/mol. The van der Waals surface area contributed by atoms with Crippen LogP contribution >= 0.6 is 11.3 Å². The Morgan fingerprint density at radius 2 is 2.17 bits per heavy atom. The number of hydrogen-bond donors (Lipinski definition) is 1. The fraction of sp³-hybridized carbons (Fsp3) is 0.611. The number of nitrogens with one attached hydrogen (secondary N) is 1. The normalized spacial score (nSPS) is 21.5. The maximum Gasteiger partial charge on any atom is 0.274 e. The summed E-state index contributed by atoms with van der Waals surface area (Å²) >= 11 is 1.74. The molecular formula is C18H24N4OS. The lowest BCUT2D eigenvalue weighted by molar-refractivity contribution is 0.0701. The average molecular weight is 344 g/mol. The minimum absolute atomic E-state index is 0.0588. The van der Waals surface area contributed by atoms with Crippen LogP contribution in [0.5, 0.6) is 0 Å². The molecular weight excluding hydrogens is 320 g/mol. The van der Waals surface area contributed by atoms with Gasteiger partial charge in [0, 0.05) is 36.0 Å². The first-order valence-corrected chi connectivity index (χ1v) is 9.79. The number of aromatic amines is 1. The summed E-state index contributed by atoms with van der Waals surface area (Å²) in [4.78, 5) is 19.5. The molecule has 1 aliphatic heterocycles. The van der Waals surface area contributed by atoms with Gasteiger partial charge in [0.05, 0.1) is 10.7 Å². The van der Waals surface area contributed by atoms with Crippen LogP contribution in [0.3, 0.4) is 0 Å². The zero-order chi connectivity index (χ0) is 16.7. The molecule has 6 heteroatoms. The molecule has 1 atom stereocenters. The molecule has 3 heterocycles. The Morgan fingerprint density at radius 1 is 1.33 bits per heavy atom. The molecule has 2 aromatic rings. The summed E-state index contributed by atoms with van der Waals surface area (Å²) in [5.41, 5.74) is 2.85. The van der Waals surface area contributed by atoms with Gasteiger partial charge in [0.15, 0.2) is 0 Å². The average Bonchev–Trinajstić information content (AvgIpc) is 3.13. The molecule has 24 heavy (non-hydrogen) atoms. The smallest absolute Gasteiger partial charge is 0.274 e. The summed E-state index contributed by atoms with van der Waals surface area (Å²) in [6, 6.07) is 1.95. The van der Waals surface area contributed by atoms with E-state index in [2.05, 4.69) is 29.4 Å². The van der Waals surface area contributed by atoms with Gasteiger partial charge < -0.3 is 4.90 Å². The number of H-pyrrole nitrogens is 1. The fourth-order valence-electron chi connectivity index (χ4n) is 3.33. The number of aromatic nitrogens is 3. The number of nitrogens with zero attached hydrogens (tertiary/aromatic N) is 3. The summed E-state index contributed by atoms with van der Waals surface area (Å²) in [6.45, 7) is 5.92. The van der Waals surface area contributed by atoms with Crippen LogP contribution in [0.4, 0.5) is 0 Å². The van der Waals surface area contributed by atoms with E-state index >= 15 is 0 Å². The molecule has 0 radical (unpaired) electrons. The van der Waals surface area contributed by atoms with Crippen molar-refractivity contribution in [1.82, 2.24) is 20.1 Å². The van der Waals surface area contributed by atoms with Crippen molar-refractivity contribution >= 4 is 17.2 Å². The van der Waals surface area contributed by atoms with Gasteiger partial charge in [-0.2, -0.15) is 5.10 Å². The molecule has 0 unspecified atom stereocenters. The second kappa shape index (κ2) is 6.31. The van der Waals surface area contributed by atoms with Gasteiger partial charge in [-0.25, -0.2) is 4.98 Å². The summed E-state index contributed by atoms with van der Waals surface area (Å²) in [5.74, 6) is 1.48. The van der Waals surface area contributed by atoms with Crippen LogP contribution in [-0.4, -0.2) is 39.1 Å². The van der Waals surface area contributed by atoms with E-state index in [1.54, 1.807) is 11.3 Å². The molecule has 1 amide bonds. The second-order valence-corrected chi connectivity index (χ2v) is 8.23. The Hall–Kier alpha value is -1.69. The number of rotatable bonds is 4. The SMILES string of the molecule is CC(C)c1csc([C@H]2CCCN(C(=O)c3cc(C4CC4)[nH]n3)C2)n1. The maximum absolute atomic E-state index is 12.8. The van der Waals surface area contributed by atoms with Crippen LogP contribution < -0.4 is 0 Å². The van der Waals surface area contributed by atoms with Crippen molar-refractivity contribution in [1.29, 1.82) is 0 Å². The molecule has 1 aliphatic carbocycles. The first-order chi connectivity index (χ1) is 11.6. The van der Waals surface area contributed by atoms with Crippen molar-refractivity contribution in [2.24, 2.45) is 0 Å². The van der Waals surface area contributed by atoms with Crippen molar-refractivity contribution in [3.63, 3.8) is 0 Å². The van der Waals surface area contributed by atoms with E-state index in [0.29, 0.717) is 23.4 Å². The Bertz CT molecular complexity index is 731. The predicted octanol–water partition coefficient (Wildman–Crippen LogP) is 3.89. The third-order valence-electron chi connectivity index (χ3n) is 5.02. The highest BCUT2D eigenvalue weighted by molar-refractivity contribution is 7.09. The molecule has 2 fully saturated rings. The van der Waals surface area contributed by atoms with E-state index in [0.717, 1.165) is 31.6 Å². The number of thiazole rings is 1. The highest BCUT2D eigenvalue weighted by atomic mass is 32.1. The largest absolute Gasteiger partial charge is 0.337 e. The van der Waals surface area contributed by atoms with Gasteiger partial charge in [-0.1, -0.05) is 13.8 Å². The number of amides is 1. The van der Waals surface area contributed by atoms with Crippen molar-refractivity contribution in [3.8, 4) is 0 Å². The molecule has 128 valence electrons. The lowest BCUT2D eigenvalue weighted by Gasteiger charge is -2.31. The van der Waals surface area contributed by atoms with Crippen LogP contribution in [0.25, 0.3) is 0 Å². The van der Waals surface area contributed by atoms with E-state index in [-0.39, 0.29) is 5.91 Å². The summed E-state index contributed by atoms with van der Waals surface area (Å²) in [5, 5.41) is 10.6. The lowest BCUT2D eigenvalue weighted by Crippen LogP contribution is -2.39. The Morgan fingerprint density at radius 3 is 2.88 bits per heavy atom. The van der Waals surface area contributed by atoms with Crippen LogP contribution in [0.1, 0.15) is 84.2 Å². The Kier molecular flexibility index (Phi) is 4.16. The second-order valence-electron chi connectivity index (χ2n) is 7.34. The van der Waals surface area contributed by atoms with E-state index in [1.807, 2.05) is 11.0 Å². The Labute approximate surface area is 146 Å². The molecule has 2 aromatic heterocycles. The molecule has 4 rings (SSSR count). The summed E-state index contributed by atoms with van der Waals surface area (Å²) in [7, 11) is 0. The highest BCUT2D eigenvalue weighted by Gasteiger charge is 2.30. The van der Waals surface area contributed by atoms with Gasteiger partial charge in [0.2, 0.25) is 0 Å². The van der Waals surface area contributed by atoms with E-state index in [9.17, 15) is 4.79 Å². The van der Waals surface area contributed by atoms with E-state index < -0.39 is 0 Å². The molecule has 0 bridgehead atoms. The molecule has 5 nitrogen and oxygen atoms in total. The van der Waals surface area contributed by atoms with Crippen molar-refractivity contribution in [3.05, 3.63) is 33.5 Å². The Balaban J connectivity index is 1.45. The molecule has 1 saturated heterocycles. The first kappa shape index (κ1) is 15.8. The standard InChI is InChI=1S/C18H24N4OS/c1-11(2)16-10-24-17(19-16)13-4-3-7-22(9-13)18(23)15-8-14(20-21-15)12-5-6-12/h8,10-13H,3-7,9H2,1-2H3,(H,20,21)/t13-/m0/s1. The minimum Gasteiger partial charge on any atom is -0.337 e. The van der Waals surface area contributed by atoms with Gasteiger partial charge in [-0.3, -0.25) is 9.89 Å². The van der Waals surface area contributed by atoms with Crippen LogP contribution in [0.2, 0.25) is 0 Å². The number of hydrogen-bond acceptors (Lipinski definition) is 4. The molecule has 0 aromatic carbocycles. The van der Waals surface area contributed by atoms with Crippen molar-refractivity contribution in [2.75, 3.05) is 13.1 Å².